The number of ether oxygens (including phenoxy) is 11. The van der Waals surface area contributed by atoms with Crippen molar-refractivity contribution in [3.05, 3.63) is 189 Å². The number of aliphatic hydroxyl groups is 2. The third kappa shape index (κ3) is 23.5. The molecule has 134 heavy (non-hydrogen) atoms. The van der Waals surface area contributed by atoms with Gasteiger partial charge in [-0.1, -0.05) is 54.2 Å². The van der Waals surface area contributed by atoms with Gasteiger partial charge < -0.3 is 93.5 Å². The van der Waals surface area contributed by atoms with E-state index in [2.05, 4.69) is 37.8 Å². The zero-order chi connectivity index (χ0) is 98.5. The molecule has 0 bridgehead atoms. The SMILES string of the molecule is C#C[C@@]1(C)[C@@H](COC(Cc2ccc(N3CCCNC3=O)cc2)(C(C)=O)C(=O)OCC)OC(OC(C)=O)[C@@H]1OC(C)=O.C#C[C@@]1(C)[C@@H](COC(Cc2ccc(N3CCCNC3=O)cc2)(C(C)=O)C(=O)OCC)O[C@@H](n2ccc(=O)[nH]c2=O)[C@@H]1OC(C)=O.C#C[C@@]1(O)[C@@H](COC(Cc2ccc(N3CCCNC3=O)cc2)(C(=O)O)C(=O)O)O[C@@H](n2ccc(=O)[nH]c2=O)[C@@H]1O.O=c1cc[nH]c(=O)[nH]1. The van der Waals surface area contributed by atoms with Crippen molar-refractivity contribution in [2.45, 2.75) is 179 Å². The topological polar surface area (TPSA) is 609 Å². The zero-order valence-electron chi connectivity index (χ0n) is 74.2. The molecule has 6 aliphatic rings. The van der Waals surface area contributed by atoms with Crippen molar-refractivity contribution in [3.8, 4) is 37.0 Å². The van der Waals surface area contributed by atoms with Gasteiger partial charge in [-0.05, 0) is 114 Å². The van der Waals surface area contributed by atoms with Crippen molar-refractivity contribution < 1.29 is 130 Å². The van der Waals surface area contributed by atoms with E-state index in [-0.39, 0.29) is 55.3 Å². The van der Waals surface area contributed by atoms with Gasteiger partial charge in [-0.3, -0.25) is 77.1 Å². The van der Waals surface area contributed by atoms with Crippen LogP contribution >= 0.6 is 0 Å². The van der Waals surface area contributed by atoms with Gasteiger partial charge in [0.1, 0.15) is 24.4 Å². The summed E-state index contributed by atoms with van der Waals surface area (Å²) >= 11 is 0. The summed E-state index contributed by atoms with van der Waals surface area (Å²) in [7, 11) is 0. The lowest BCUT2D eigenvalue weighted by Gasteiger charge is -2.33. The van der Waals surface area contributed by atoms with E-state index in [1.165, 1.54) is 68.4 Å². The van der Waals surface area contributed by atoms with Gasteiger partial charge in [0.2, 0.25) is 17.5 Å². The summed E-state index contributed by atoms with van der Waals surface area (Å²) in [5.74, 6) is -1.83. The van der Waals surface area contributed by atoms with Crippen LogP contribution in [-0.2, 0) is 115 Å². The minimum Gasteiger partial charge on any atom is -0.479 e. The van der Waals surface area contributed by atoms with E-state index in [9.17, 15) is 107 Å². The van der Waals surface area contributed by atoms with Crippen LogP contribution in [0.2, 0.25) is 0 Å². The molecular formula is C89H102N12O33. The lowest BCUT2D eigenvalue weighted by atomic mass is 9.81. The van der Waals surface area contributed by atoms with E-state index in [0.29, 0.717) is 67.5 Å². The normalized spacial score (nSPS) is 23.8. The molecule has 0 saturated carbocycles. The van der Waals surface area contributed by atoms with E-state index < -0.39 is 196 Å². The molecule has 12 rings (SSSR count). The molecule has 716 valence electrons. The Balaban J connectivity index is 0.000000216. The van der Waals surface area contributed by atoms with Crippen LogP contribution in [0.3, 0.4) is 0 Å². The Labute approximate surface area is 762 Å². The third-order valence-electron chi connectivity index (χ3n) is 22.6. The molecule has 6 saturated heterocycles. The number of esters is 5. The highest BCUT2D eigenvalue weighted by Gasteiger charge is 2.62. The Bertz CT molecular complexity index is 5830. The number of aromatic amines is 4. The summed E-state index contributed by atoms with van der Waals surface area (Å²) in [6.45, 7) is 13.7. The van der Waals surface area contributed by atoms with Crippen LogP contribution in [0.5, 0.6) is 0 Å². The molecular weight excluding hydrogens is 1770 g/mol. The number of benzene rings is 3. The summed E-state index contributed by atoms with van der Waals surface area (Å²) < 4.78 is 63.5. The van der Waals surface area contributed by atoms with Crippen LogP contribution in [-0.4, -0.2) is 259 Å². The Morgan fingerprint density at radius 3 is 1.17 bits per heavy atom. The van der Waals surface area contributed by atoms with E-state index in [0.717, 1.165) is 60.6 Å². The van der Waals surface area contributed by atoms with E-state index in [1.807, 2.05) is 15.9 Å². The number of terminal acetylenes is 3. The number of carbonyl (C=O) groups is 12. The second-order valence-electron chi connectivity index (χ2n) is 31.6. The van der Waals surface area contributed by atoms with Gasteiger partial charge in [-0.15, -0.1) is 19.3 Å². The molecule has 0 spiro atoms. The molecule has 9 heterocycles. The van der Waals surface area contributed by atoms with Gasteiger partial charge in [0.15, 0.2) is 41.8 Å². The Kier molecular flexibility index (Phi) is 34.4. The van der Waals surface area contributed by atoms with E-state index in [1.54, 1.807) is 86.0 Å². The van der Waals surface area contributed by atoms with Gasteiger partial charge >= 0.3 is 76.9 Å². The van der Waals surface area contributed by atoms with Crippen LogP contribution in [0.15, 0.2) is 138 Å². The first-order chi connectivity index (χ1) is 63.4. The molecule has 3 unspecified atom stereocenters. The van der Waals surface area contributed by atoms with Crippen molar-refractivity contribution in [2.75, 3.05) is 87.0 Å². The highest BCUT2D eigenvalue weighted by molar-refractivity contribution is 6.07. The first-order valence-electron chi connectivity index (χ1n) is 41.9. The van der Waals surface area contributed by atoms with Crippen LogP contribution in [0.25, 0.3) is 0 Å². The summed E-state index contributed by atoms with van der Waals surface area (Å²) in [4.78, 5) is 231. The Morgan fingerprint density at radius 1 is 0.470 bits per heavy atom. The number of carboxylic acid groups (broad SMARTS) is 2. The fraction of sp³-hybridized carbons (Fsp3) is 0.461. The number of aliphatic hydroxyl groups excluding tert-OH is 1. The molecule has 45 heteroatoms. The third-order valence-corrected chi connectivity index (χ3v) is 22.6. The quantitative estimate of drug-likeness (QED) is 0.0121. The minimum absolute atomic E-state index is 0.00865. The number of ketones is 2. The molecule has 45 nitrogen and oxygen atoms in total. The average Bonchev–Trinajstić information content (AvgIpc) is 1.62. The highest BCUT2D eigenvalue weighted by Crippen LogP contribution is 2.47. The van der Waals surface area contributed by atoms with Crippen molar-refractivity contribution in [3.63, 3.8) is 0 Å². The van der Waals surface area contributed by atoms with E-state index >= 15 is 0 Å². The summed E-state index contributed by atoms with van der Waals surface area (Å²) in [5, 5.41) is 49.7. The Morgan fingerprint density at radius 2 is 0.828 bits per heavy atom. The number of aromatic nitrogens is 6. The van der Waals surface area contributed by atoms with Gasteiger partial charge in [-0.25, -0.2) is 47.9 Å². The van der Waals surface area contributed by atoms with Gasteiger partial charge in [0, 0.05) is 133 Å². The molecule has 14 atom stereocenters. The maximum atomic E-state index is 13.4. The number of nitrogens with zero attached hydrogens (tertiary/aromatic N) is 5. The number of carbonyl (C=O) groups excluding carboxylic acids is 10. The molecule has 6 fully saturated rings. The largest absolute Gasteiger partial charge is 0.479 e. The smallest absolute Gasteiger partial charge is 0.348 e. The van der Waals surface area contributed by atoms with Gasteiger partial charge in [0.05, 0.1) is 43.9 Å². The number of urea groups is 3. The number of nitrogens with one attached hydrogen (secondary N) is 7. The average molecular weight is 1870 g/mol. The van der Waals surface area contributed by atoms with Crippen LogP contribution < -0.4 is 64.4 Å². The van der Waals surface area contributed by atoms with Crippen LogP contribution in [0.1, 0.15) is 111 Å². The standard InChI is InChI=1S/C31H36N4O10.C29H36N2O10.C25H26N4O11.C4H4N2O2/c1-6-30(5)23(45-26(25(30)44-20(4)37)35-16-13-24(38)33-29(35)41)18-43-31(19(3)36,27(39)42-7-2)17-21-9-11-22(12-10-21)34-15-8-14-32-28(34)40;1-7-28(6)23(41-25(40-20(5)34)24(28)39-19(4)33)17-38-29(18(3)32,26(35)37-8-2)16-21-10-12-22(13-11-21)31-15-9-14-30-27(31)36;1-2-24(38)16(40-19(18(24)31)29-11-8-17(30)27-23(29)37)13-39-25(20(32)33,21(34)35)12-14-4-6-15(7-5-14)28-10-3-9-26-22(28)36;7-3-1-2-5-4(8)6-3/h1,9-13,16,23,25-26H,7-8,14-15,17-18H2,2-5H3,(H,32,40)(H,33,38,41);1,10-13,23-25H,8-9,14-17H2,2-6H3,(H,30,36);1,4-8,11,16,18-19,31,38H,3,9-10,12-13H2,(H,26,36)(H,32,33)(H,34,35)(H,27,30,37);1-2H,(H2,5,6,7,8)/t23-,25+,26-,30+,31?;23-,24+,25?,28+,29?;16-,18+,19-,24-;/m111./s1. The first kappa shape index (κ1) is 103. The number of hydrogen-bond donors (Lipinski definition) is 11. The molecule has 0 radical (unpaired) electrons. The van der Waals surface area contributed by atoms with E-state index in [4.69, 9.17) is 71.4 Å². The molecule has 6 amide bonds. The van der Waals surface area contributed by atoms with Gasteiger partial charge in [0.25, 0.3) is 22.3 Å². The maximum Gasteiger partial charge on any atom is 0.348 e. The highest BCUT2D eigenvalue weighted by atomic mass is 16.7. The number of H-pyrrole nitrogens is 4. The summed E-state index contributed by atoms with van der Waals surface area (Å²) in [6, 6.07) is 22.2. The second kappa shape index (κ2) is 44.6. The number of hydrogen-bond acceptors (Lipinski definition) is 31. The zero-order valence-corrected chi connectivity index (χ0v) is 74.2. The summed E-state index contributed by atoms with van der Waals surface area (Å²) in [6.07, 6.45) is 9.46. The molecule has 0 aliphatic carbocycles. The number of anilines is 3. The van der Waals surface area contributed by atoms with Crippen molar-refractivity contribution in [1.82, 2.24) is 45.0 Å². The van der Waals surface area contributed by atoms with Crippen LogP contribution in [0, 0.1) is 47.9 Å². The number of carboxylic acids is 2. The van der Waals surface area contributed by atoms with Crippen molar-refractivity contribution >= 4 is 88.5 Å². The molecule has 11 N–H and O–H groups in total. The number of rotatable bonds is 31. The molecule has 3 aromatic carbocycles. The van der Waals surface area contributed by atoms with Gasteiger partial charge in [-0.2, -0.15) is 0 Å². The fourth-order valence-corrected chi connectivity index (χ4v) is 15.2. The monoisotopic (exact) mass is 1870 g/mol. The molecule has 6 aromatic rings. The lowest BCUT2D eigenvalue weighted by molar-refractivity contribution is -0.201. The Hall–Kier alpha value is -14.5. The number of amides is 6. The molecule has 3 aromatic heterocycles. The number of aliphatic carboxylic acids is 2. The fourth-order valence-electron chi connectivity index (χ4n) is 15.2. The van der Waals surface area contributed by atoms with Crippen molar-refractivity contribution in [2.24, 2.45) is 10.8 Å². The molecule has 6 aliphatic heterocycles. The lowest BCUT2D eigenvalue weighted by Crippen LogP contribution is -2.55. The van der Waals surface area contributed by atoms with Crippen molar-refractivity contribution in [1.29, 1.82) is 0 Å². The first-order valence-corrected chi connectivity index (χ1v) is 41.9. The number of Topliss-reactive ketones (excluding diaryl/α,β-unsaturated/α-hetero) is 2. The summed E-state index contributed by atoms with van der Waals surface area (Å²) in [5.41, 5.74) is -13.2. The van der Waals surface area contributed by atoms with Crippen LogP contribution in [0.4, 0.5) is 31.4 Å². The maximum absolute atomic E-state index is 13.4. The minimum atomic E-state index is -2.87. The predicted octanol–water partition coefficient (Wildman–Crippen LogP) is 0.300. The second-order valence-corrected chi connectivity index (χ2v) is 31.6. The predicted molar refractivity (Wildman–Crippen MR) is 466 cm³/mol.